The highest BCUT2D eigenvalue weighted by Crippen LogP contribution is 2.10. The minimum Gasteiger partial charge on any atom is -0.870 e. The number of nitrogens with zero attached hydrogens (tertiary/aromatic N) is 1. The summed E-state index contributed by atoms with van der Waals surface area (Å²) in [5.74, 6) is -0.0145. The molecule has 1 N–H and O–H groups in total. The molecule has 134 valence electrons. The van der Waals surface area contributed by atoms with E-state index >= 15 is 0 Å². The van der Waals surface area contributed by atoms with Gasteiger partial charge in [-0.3, -0.25) is 4.79 Å². The maximum absolute atomic E-state index is 11.5. The summed E-state index contributed by atoms with van der Waals surface area (Å²) in [5, 5.41) is 0. The monoisotopic (exact) mass is 317 g/mol. The van der Waals surface area contributed by atoms with Crippen molar-refractivity contribution in [1.29, 1.82) is 0 Å². The van der Waals surface area contributed by atoms with E-state index in [0.29, 0.717) is 13.0 Å². The summed E-state index contributed by atoms with van der Waals surface area (Å²) < 4.78 is 6.19. The standard InChI is InChI=1S/C18H38NO2.H2O/c1-5-6-7-8-9-10-11-12-13-15-18(20)21-17-14-16-19(2,3)4;/h5-17H2,1-4H3;1H2/q+1;/p-1. The van der Waals surface area contributed by atoms with Gasteiger partial charge >= 0.3 is 5.97 Å². The van der Waals surface area contributed by atoms with Crippen LogP contribution in [0.5, 0.6) is 0 Å². The first-order valence-corrected chi connectivity index (χ1v) is 8.92. The molecule has 0 radical (unpaired) electrons. The molecule has 0 aromatic carbocycles. The Morgan fingerprint density at radius 3 is 1.82 bits per heavy atom. The van der Waals surface area contributed by atoms with E-state index in [2.05, 4.69) is 28.1 Å². The lowest BCUT2D eigenvalue weighted by Gasteiger charge is -2.23. The van der Waals surface area contributed by atoms with Crippen LogP contribution in [0, 0.1) is 0 Å². The van der Waals surface area contributed by atoms with E-state index in [4.69, 9.17) is 4.74 Å². The van der Waals surface area contributed by atoms with E-state index in [9.17, 15) is 4.79 Å². The number of carbonyl (C=O) groups is 1. The summed E-state index contributed by atoms with van der Waals surface area (Å²) >= 11 is 0. The van der Waals surface area contributed by atoms with Crippen LogP contribution in [0.4, 0.5) is 0 Å². The Morgan fingerprint density at radius 1 is 0.818 bits per heavy atom. The fourth-order valence-electron chi connectivity index (χ4n) is 2.38. The quantitative estimate of drug-likeness (QED) is 0.271. The number of esters is 1. The largest absolute Gasteiger partial charge is 0.870 e. The molecule has 0 aliphatic carbocycles. The minimum absolute atomic E-state index is 0. The lowest BCUT2D eigenvalue weighted by atomic mass is 10.1. The summed E-state index contributed by atoms with van der Waals surface area (Å²) in [5.41, 5.74) is 0. The second-order valence-electron chi connectivity index (χ2n) is 7.17. The van der Waals surface area contributed by atoms with Gasteiger partial charge in [0.15, 0.2) is 0 Å². The number of hydrogen-bond donors (Lipinski definition) is 0. The molecule has 22 heavy (non-hydrogen) atoms. The number of unbranched alkanes of at least 4 members (excludes halogenated alkanes) is 8. The zero-order valence-corrected chi connectivity index (χ0v) is 15.4. The average molecular weight is 318 g/mol. The van der Waals surface area contributed by atoms with Crippen LogP contribution in [0.3, 0.4) is 0 Å². The minimum atomic E-state index is -0.0145. The first-order valence-electron chi connectivity index (χ1n) is 8.92. The molecule has 0 aliphatic rings. The van der Waals surface area contributed by atoms with Gasteiger partial charge in [0, 0.05) is 12.8 Å². The van der Waals surface area contributed by atoms with Gasteiger partial charge in [0.1, 0.15) is 0 Å². The third-order valence-electron chi connectivity index (χ3n) is 3.72. The van der Waals surface area contributed by atoms with Gasteiger partial charge in [0.05, 0.1) is 34.3 Å². The van der Waals surface area contributed by atoms with Crippen LogP contribution in [0.15, 0.2) is 0 Å². The van der Waals surface area contributed by atoms with Crippen LogP contribution >= 0.6 is 0 Å². The van der Waals surface area contributed by atoms with Crippen LogP contribution in [0.25, 0.3) is 0 Å². The predicted octanol–water partition coefficient (Wildman–Crippen LogP) is 4.37. The molecule has 0 aromatic rings. The van der Waals surface area contributed by atoms with Crippen LogP contribution in [-0.4, -0.2) is 50.2 Å². The highest BCUT2D eigenvalue weighted by atomic mass is 16.5. The first-order chi connectivity index (χ1) is 9.95. The lowest BCUT2D eigenvalue weighted by Crippen LogP contribution is -2.35. The zero-order chi connectivity index (χ0) is 16.0. The van der Waals surface area contributed by atoms with Crippen molar-refractivity contribution in [2.75, 3.05) is 34.3 Å². The summed E-state index contributed by atoms with van der Waals surface area (Å²) in [6, 6.07) is 0. The lowest BCUT2D eigenvalue weighted by molar-refractivity contribution is -0.870. The molecule has 0 aliphatic heterocycles. The van der Waals surface area contributed by atoms with E-state index < -0.39 is 0 Å². The molecule has 0 spiro atoms. The fraction of sp³-hybridized carbons (Fsp3) is 0.944. The van der Waals surface area contributed by atoms with Crippen LogP contribution in [-0.2, 0) is 9.53 Å². The van der Waals surface area contributed by atoms with Gasteiger partial charge in [0.2, 0.25) is 0 Å². The Kier molecular flexibility index (Phi) is 16.4. The molecule has 0 bridgehead atoms. The van der Waals surface area contributed by atoms with Crippen LogP contribution < -0.4 is 0 Å². The van der Waals surface area contributed by atoms with Crippen LogP contribution in [0.2, 0.25) is 0 Å². The van der Waals surface area contributed by atoms with Crippen molar-refractivity contribution in [1.82, 2.24) is 0 Å². The predicted molar refractivity (Wildman–Crippen MR) is 92.3 cm³/mol. The van der Waals surface area contributed by atoms with Crippen molar-refractivity contribution in [2.45, 2.75) is 77.6 Å². The van der Waals surface area contributed by atoms with Crippen LogP contribution in [0.1, 0.15) is 77.6 Å². The Labute approximate surface area is 138 Å². The summed E-state index contributed by atoms with van der Waals surface area (Å²) in [4.78, 5) is 11.5. The molecule has 0 amide bonds. The van der Waals surface area contributed by atoms with Crippen molar-refractivity contribution >= 4 is 5.97 Å². The number of hydrogen-bond acceptors (Lipinski definition) is 3. The van der Waals surface area contributed by atoms with E-state index in [1.54, 1.807) is 0 Å². The molecular formula is C18H39NO3. The molecule has 0 atom stereocenters. The van der Waals surface area contributed by atoms with Gasteiger partial charge < -0.3 is 14.7 Å². The van der Waals surface area contributed by atoms with Crippen molar-refractivity contribution in [3.8, 4) is 0 Å². The molecule has 4 nitrogen and oxygen atoms in total. The maximum Gasteiger partial charge on any atom is 0.305 e. The van der Waals surface area contributed by atoms with Gasteiger partial charge in [-0.05, 0) is 6.42 Å². The third kappa shape index (κ3) is 19.4. The van der Waals surface area contributed by atoms with E-state index in [1.807, 2.05) is 0 Å². The molecule has 0 rings (SSSR count). The number of rotatable bonds is 14. The normalized spacial score (nSPS) is 11.1. The first kappa shape index (κ1) is 23.7. The molecule has 0 aromatic heterocycles. The summed E-state index contributed by atoms with van der Waals surface area (Å²) in [7, 11) is 6.47. The number of quaternary nitrogens is 1. The van der Waals surface area contributed by atoms with E-state index in [1.165, 1.54) is 51.4 Å². The Morgan fingerprint density at radius 2 is 1.32 bits per heavy atom. The van der Waals surface area contributed by atoms with Gasteiger partial charge in [-0.1, -0.05) is 58.3 Å². The molecule has 0 fully saturated rings. The molecule has 0 saturated carbocycles. The highest BCUT2D eigenvalue weighted by Gasteiger charge is 2.07. The second-order valence-corrected chi connectivity index (χ2v) is 7.17. The molecular weight excluding hydrogens is 278 g/mol. The van der Waals surface area contributed by atoms with Gasteiger partial charge in [-0.25, -0.2) is 0 Å². The van der Waals surface area contributed by atoms with Gasteiger partial charge in [-0.15, -0.1) is 0 Å². The van der Waals surface area contributed by atoms with E-state index in [0.717, 1.165) is 23.9 Å². The van der Waals surface area contributed by atoms with Gasteiger partial charge in [0.25, 0.3) is 0 Å². The molecule has 0 heterocycles. The fourth-order valence-corrected chi connectivity index (χ4v) is 2.38. The topological polar surface area (TPSA) is 56.3 Å². The van der Waals surface area contributed by atoms with Crippen molar-refractivity contribution in [2.24, 2.45) is 0 Å². The second kappa shape index (κ2) is 15.3. The van der Waals surface area contributed by atoms with Gasteiger partial charge in [-0.2, -0.15) is 0 Å². The summed E-state index contributed by atoms with van der Waals surface area (Å²) in [6.07, 6.45) is 13.1. The van der Waals surface area contributed by atoms with Crippen molar-refractivity contribution < 1.29 is 19.5 Å². The molecule has 0 unspecified atom stereocenters. The number of ether oxygens (including phenoxy) is 1. The third-order valence-corrected chi connectivity index (χ3v) is 3.72. The Hall–Kier alpha value is -0.610. The maximum atomic E-state index is 11.5. The average Bonchev–Trinajstić information content (AvgIpc) is 2.41. The Bertz CT molecular complexity index is 249. The molecule has 0 saturated heterocycles. The molecule has 4 heteroatoms. The SMILES string of the molecule is CCCCCCCCCCCC(=O)OCCC[N+](C)(C)C.[OH-]. The smallest absolute Gasteiger partial charge is 0.305 e. The van der Waals surface area contributed by atoms with Crippen molar-refractivity contribution in [3.05, 3.63) is 0 Å². The van der Waals surface area contributed by atoms with E-state index in [-0.39, 0.29) is 11.4 Å². The highest BCUT2D eigenvalue weighted by molar-refractivity contribution is 5.69. The number of carbonyl (C=O) groups excluding carboxylic acids is 1. The zero-order valence-electron chi connectivity index (χ0n) is 15.4. The van der Waals surface area contributed by atoms with Crippen molar-refractivity contribution in [3.63, 3.8) is 0 Å². The Balaban J connectivity index is 0. The summed E-state index contributed by atoms with van der Waals surface area (Å²) in [6.45, 7) is 3.87.